The monoisotopic (exact) mass is 284 g/mol. The van der Waals surface area contributed by atoms with Crippen LogP contribution in [0.25, 0.3) is 0 Å². The number of carboxylic acid groups (broad SMARTS) is 1. The van der Waals surface area contributed by atoms with Crippen LogP contribution < -0.4 is 5.32 Å². The number of hydrogen-bond acceptors (Lipinski definition) is 3. The fourth-order valence-electron chi connectivity index (χ4n) is 2.50. The minimum atomic E-state index is -0.946. The molecule has 1 aliphatic heterocycles. The molecular weight excluding hydrogens is 256 g/mol. The van der Waals surface area contributed by atoms with Crippen molar-refractivity contribution >= 4 is 11.9 Å². The first-order valence-corrected chi connectivity index (χ1v) is 7.63. The van der Waals surface area contributed by atoms with Crippen LogP contribution in [0, 0.1) is 11.8 Å². The van der Waals surface area contributed by atoms with Crippen molar-refractivity contribution in [3.05, 3.63) is 0 Å². The van der Waals surface area contributed by atoms with E-state index in [1.54, 1.807) is 0 Å². The third kappa shape index (κ3) is 6.37. The van der Waals surface area contributed by atoms with Gasteiger partial charge in [0.25, 0.3) is 0 Å². The van der Waals surface area contributed by atoms with Gasteiger partial charge >= 0.3 is 5.97 Å². The lowest BCUT2D eigenvalue weighted by molar-refractivity contribution is -0.142. The smallest absolute Gasteiger partial charge is 0.326 e. The molecule has 5 heteroatoms. The van der Waals surface area contributed by atoms with Crippen LogP contribution in [-0.2, 0) is 9.59 Å². The number of amides is 1. The van der Waals surface area contributed by atoms with Gasteiger partial charge in [0.15, 0.2) is 0 Å². The molecule has 20 heavy (non-hydrogen) atoms. The number of rotatable bonds is 7. The van der Waals surface area contributed by atoms with Gasteiger partial charge < -0.3 is 15.3 Å². The van der Waals surface area contributed by atoms with Crippen molar-refractivity contribution < 1.29 is 14.7 Å². The summed E-state index contributed by atoms with van der Waals surface area (Å²) in [7, 11) is 0. The molecule has 0 radical (unpaired) electrons. The number of nitrogens with one attached hydrogen (secondary N) is 1. The summed E-state index contributed by atoms with van der Waals surface area (Å²) in [4.78, 5) is 25.2. The molecule has 1 aliphatic rings. The Morgan fingerprint density at radius 2 is 1.90 bits per heavy atom. The van der Waals surface area contributed by atoms with E-state index < -0.39 is 12.0 Å². The predicted molar refractivity (Wildman–Crippen MR) is 78.5 cm³/mol. The fourth-order valence-corrected chi connectivity index (χ4v) is 2.50. The number of nitrogens with zero attached hydrogens (tertiary/aromatic N) is 1. The highest BCUT2D eigenvalue weighted by molar-refractivity contribution is 5.83. The Morgan fingerprint density at radius 3 is 2.40 bits per heavy atom. The van der Waals surface area contributed by atoms with Gasteiger partial charge in [0, 0.05) is 13.0 Å². The second-order valence-corrected chi connectivity index (χ2v) is 6.36. The number of carbonyl (C=O) groups is 2. The summed E-state index contributed by atoms with van der Waals surface area (Å²) in [6.07, 6.45) is 3.23. The Kier molecular flexibility index (Phi) is 6.99. The second kappa shape index (κ2) is 8.25. The van der Waals surface area contributed by atoms with E-state index in [9.17, 15) is 9.59 Å². The van der Waals surface area contributed by atoms with Crippen molar-refractivity contribution in [1.29, 1.82) is 0 Å². The summed E-state index contributed by atoms with van der Waals surface area (Å²) in [6, 6.07) is -0.760. The lowest BCUT2D eigenvalue weighted by Crippen LogP contribution is -2.43. The normalized spacial score (nSPS) is 19.0. The lowest BCUT2D eigenvalue weighted by atomic mass is 9.99. The highest BCUT2D eigenvalue weighted by Gasteiger charge is 2.22. The van der Waals surface area contributed by atoms with Crippen LogP contribution in [-0.4, -0.2) is 47.6 Å². The molecule has 0 aromatic rings. The zero-order chi connectivity index (χ0) is 15.1. The predicted octanol–water partition coefficient (Wildman–Crippen LogP) is 1.72. The van der Waals surface area contributed by atoms with Crippen molar-refractivity contribution in [2.75, 3.05) is 19.6 Å². The van der Waals surface area contributed by atoms with Gasteiger partial charge in [-0.1, -0.05) is 20.8 Å². The lowest BCUT2D eigenvalue weighted by Gasteiger charge is -2.30. The molecule has 0 saturated carbocycles. The summed E-state index contributed by atoms with van der Waals surface area (Å²) < 4.78 is 0. The van der Waals surface area contributed by atoms with Crippen LogP contribution >= 0.6 is 0 Å². The number of carbonyl (C=O) groups excluding carboxylic acids is 1. The van der Waals surface area contributed by atoms with Crippen LogP contribution in [0.15, 0.2) is 0 Å². The van der Waals surface area contributed by atoms with E-state index in [1.165, 1.54) is 12.8 Å². The van der Waals surface area contributed by atoms with Crippen LogP contribution in [0.5, 0.6) is 0 Å². The van der Waals surface area contributed by atoms with E-state index in [4.69, 9.17) is 5.11 Å². The van der Waals surface area contributed by atoms with E-state index in [0.29, 0.717) is 12.8 Å². The third-order valence-corrected chi connectivity index (χ3v) is 3.87. The van der Waals surface area contributed by atoms with Crippen molar-refractivity contribution in [2.24, 2.45) is 11.8 Å². The van der Waals surface area contributed by atoms with Gasteiger partial charge in [-0.05, 0) is 44.2 Å². The number of carboxylic acids is 1. The molecule has 1 atom stereocenters. The molecule has 1 fully saturated rings. The van der Waals surface area contributed by atoms with E-state index >= 15 is 0 Å². The van der Waals surface area contributed by atoms with Crippen molar-refractivity contribution in [3.8, 4) is 0 Å². The Bertz CT molecular complexity index is 323. The highest BCUT2D eigenvalue weighted by atomic mass is 16.4. The maximum Gasteiger partial charge on any atom is 0.326 e. The zero-order valence-corrected chi connectivity index (χ0v) is 12.9. The van der Waals surface area contributed by atoms with Crippen LogP contribution in [0.2, 0.25) is 0 Å². The molecule has 1 amide bonds. The third-order valence-electron chi connectivity index (χ3n) is 3.87. The van der Waals surface area contributed by atoms with E-state index in [-0.39, 0.29) is 11.8 Å². The molecule has 1 heterocycles. The number of piperidine rings is 1. The molecule has 2 N–H and O–H groups in total. The van der Waals surface area contributed by atoms with Gasteiger partial charge in [-0.25, -0.2) is 4.79 Å². The first kappa shape index (κ1) is 17.0. The Morgan fingerprint density at radius 1 is 1.30 bits per heavy atom. The first-order valence-electron chi connectivity index (χ1n) is 7.63. The summed E-state index contributed by atoms with van der Waals surface area (Å²) in [6.45, 7) is 8.99. The van der Waals surface area contributed by atoms with Gasteiger partial charge in [-0.2, -0.15) is 0 Å². The molecule has 0 aromatic carbocycles. The molecule has 0 aromatic heterocycles. The topological polar surface area (TPSA) is 69.6 Å². The molecular formula is C15H28N2O3. The average molecular weight is 284 g/mol. The van der Waals surface area contributed by atoms with E-state index in [0.717, 1.165) is 25.6 Å². The van der Waals surface area contributed by atoms with Crippen molar-refractivity contribution in [3.63, 3.8) is 0 Å². The minimum absolute atomic E-state index is 0.156. The van der Waals surface area contributed by atoms with E-state index in [1.807, 2.05) is 13.8 Å². The van der Waals surface area contributed by atoms with Crippen LogP contribution in [0.3, 0.4) is 0 Å². The summed E-state index contributed by atoms with van der Waals surface area (Å²) >= 11 is 0. The van der Waals surface area contributed by atoms with Crippen molar-refractivity contribution in [2.45, 2.75) is 52.5 Å². The Labute approximate surface area is 121 Å². The first-order chi connectivity index (χ1) is 9.38. The Hall–Kier alpha value is -1.10. The van der Waals surface area contributed by atoms with Gasteiger partial charge in [0.1, 0.15) is 6.04 Å². The van der Waals surface area contributed by atoms with Crippen LogP contribution in [0.4, 0.5) is 0 Å². The molecule has 1 saturated heterocycles. The largest absolute Gasteiger partial charge is 0.480 e. The molecule has 1 rings (SSSR count). The molecule has 0 bridgehead atoms. The van der Waals surface area contributed by atoms with Gasteiger partial charge in [0.2, 0.25) is 5.91 Å². The quantitative estimate of drug-likeness (QED) is 0.747. The summed E-state index contributed by atoms with van der Waals surface area (Å²) in [5, 5.41) is 11.7. The minimum Gasteiger partial charge on any atom is -0.480 e. The fraction of sp³-hybridized carbons (Fsp3) is 0.867. The maximum atomic E-state index is 11.8. The molecule has 1 unspecified atom stereocenters. The van der Waals surface area contributed by atoms with Gasteiger partial charge in [-0.3, -0.25) is 4.79 Å². The number of hydrogen-bond donors (Lipinski definition) is 2. The molecule has 116 valence electrons. The highest BCUT2D eigenvalue weighted by Crippen LogP contribution is 2.15. The standard InChI is InChI=1S/C15H28N2O3/c1-11(2)10-13(15(19)20)16-14(18)6-9-17-7-4-12(3)5-8-17/h11-13H,4-10H2,1-3H3,(H,16,18)(H,19,20). The molecule has 5 nitrogen and oxygen atoms in total. The second-order valence-electron chi connectivity index (χ2n) is 6.36. The van der Waals surface area contributed by atoms with Crippen LogP contribution in [0.1, 0.15) is 46.5 Å². The zero-order valence-electron chi connectivity index (χ0n) is 12.9. The van der Waals surface area contributed by atoms with Gasteiger partial charge in [0.05, 0.1) is 0 Å². The average Bonchev–Trinajstić information content (AvgIpc) is 2.36. The molecule has 0 spiro atoms. The van der Waals surface area contributed by atoms with Gasteiger partial charge in [-0.15, -0.1) is 0 Å². The molecule has 0 aliphatic carbocycles. The number of likely N-dealkylation sites (tertiary alicyclic amines) is 1. The Balaban J connectivity index is 2.29. The SMILES string of the molecule is CC(C)CC(NC(=O)CCN1CCC(C)CC1)C(=O)O. The van der Waals surface area contributed by atoms with E-state index in [2.05, 4.69) is 17.1 Å². The maximum absolute atomic E-state index is 11.8. The van der Waals surface area contributed by atoms with Crippen molar-refractivity contribution in [1.82, 2.24) is 10.2 Å². The summed E-state index contributed by atoms with van der Waals surface area (Å²) in [5.41, 5.74) is 0. The number of aliphatic carboxylic acids is 1. The summed E-state index contributed by atoms with van der Waals surface area (Å²) in [5.74, 6) is -0.0713.